The Balaban J connectivity index is 1.97. The Hall–Kier alpha value is -1.82. The highest BCUT2D eigenvalue weighted by molar-refractivity contribution is 5.67. The zero-order valence-electron chi connectivity index (χ0n) is 10.4. The fourth-order valence-corrected chi connectivity index (χ4v) is 2.07. The molecule has 98 valence electrons. The number of anilines is 1. The number of hydrogen-bond acceptors (Lipinski definition) is 5. The van der Waals surface area contributed by atoms with E-state index in [1.54, 1.807) is 0 Å². The second-order valence-electron chi connectivity index (χ2n) is 4.26. The largest absolute Gasteiger partial charge is 0.453 e. The summed E-state index contributed by atoms with van der Waals surface area (Å²) in [6.07, 6.45) is 0.509. The molecule has 2 rings (SSSR count). The maximum Gasteiger partial charge on any atom is 0.407 e. The molecule has 0 spiro atoms. The maximum absolute atomic E-state index is 11.1. The quantitative estimate of drug-likeness (QED) is 0.815. The van der Waals surface area contributed by atoms with Gasteiger partial charge in [-0.05, 0) is 18.6 Å². The summed E-state index contributed by atoms with van der Waals surface area (Å²) in [5.74, 6) is 0.909. The first-order chi connectivity index (χ1) is 8.72. The lowest BCUT2D eigenvalue weighted by atomic mass is 10.3. The van der Waals surface area contributed by atoms with Gasteiger partial charge in [-0.1, -0.05) is 6.07 Å². The minimum absolute atomic E-state index is 0.112. The van der Waals surface area contributed by atoms with Crippen LogP contribution in [0.1, 0.15) is 12.1 Å². The molecule has 6 heteroatoms. The van der Waals surface area contributed by atoms with Gasteiger partial charge >= 0.3 is 6.09 Å². The summed E-state index contributed by atoms with van der Waals surface area (Å²) in [5, 5.41) is 2.80. The molecule has 6 nitrogen and oxygen atoms in total. The fourth-order valence-electron chi connectivity index (χ4n) is 2.07. The van der Waals surface area contributed by atoms with Crippen molar-refractivity contribution in [2.24, 2.45) is 5.73 Å². The Kier molecular flexibility index (Phi) is 3.99. The van der Waals surface area contributed by atoms with Gasteiger partial charge < -0.3 is 20.7 Å². The van der Waals surface area contributed by atoms with E-state index in [4.69, 9.17) is 5.73 Å². The summed E-state index contributed by atoms with van der Waals surface area (Å²) in [6.45, 7) is 2.05. The number of methoxy groups -OCH3 is 1. The van der Waals surface area contributed by atoms with E-state index in [1.165, 1.54) is 7.11 Å². The Morgan fingerprint density at radius 2 is 2.50 bits per heavy atom. The number of hydrogen-bond donors (Lipinski definition) is 2. The van der Waals surface area contributed by atoms with Gasteiger partial charge in [-0.25, -0.2) is 9.78 Å². The van der Waals surface area contributed by atoms with Gasteiger partial charge in [0.1, 0.15) is 5.82 Å². The summed E-state index contributed by atoms with van der Waals surface area (Å²) in [4.78, 5) is 17.7. The SMILES string of the molecule is COC(=O)NC1CCN(c2cccc(CN)n2)C1. The summed E-state index contributed by atoms with van der Waals surface area (Å²) in [7, 11) is 1.37. The third-order valence-electron chi connectivity index (χ3n) is 3.02. The van der Waals surface area contributed by atoms with Crippen molar-refractivity contribution in [2.45, 2.75) is 19.0 Å². The van der Waals surface area contributed by atoms with Crippen LogP contribution in [-0.4, -0.2) is 37.3 Å². The molecule has 2 heterocycles. The highest BCUT2D eigenvalue weighted by Crippen LogP contribution is 2.18. The number of carbonyl (C=O) groups excluding carboxylic acids is 1. The molecule has 1 aliphatic rings. The molecule has 1 fully saturated rings. The molecule has 1 aromatic rings. The van der Waals surface area contributed by atoms with Crippen molar-refractivity contribution in [3.63, 3.8) is 0 Å². The molecule has 1 amide bonds. The highest BCUT2D eigenvalue weighted by Gasteiger charge is 2.24. The topological polar surface area (TPSA) is 80.5 Å². The number of pyridine rings is 1. The van der Waals surface area contributed by atoms with E-state index in [-0.39, 0.29) is 12.1 Å². The molecular weight excluding hydrogens is 232 g/mol. The number of nitrogens with one attached hydrogen (secondary N) is 1. The number of aromatic nitrogens is 1. The second kappa shape index (κ2) is 5.68. The normalized spacial score (nSPS) is 18.8. The van der Waals surface area contributed by atoms with Crippen LogP contribution in [0.5, 0.6) is 0 Å². The van der Waals surface area contributed by atoms with Gasteiger partial charge in [0.2, 0.25) is 0 Å². The van der Waals surface area contributed by atoms with Crippen LogP contribution in [0, 0.1) is 0 Å². The molecule has 3 N–H and O–H groups in total. The molecule has 1 saturated heterocycles. The predicted molar refractivity (Wildman–Crippen MR) is 68.3 cm³/mol. The lowest BCUT2D eigenvalue weighted by Gasteiger charge is -2.18. The van der Waals surface area contributed by atoms with Crippen molar-refractivity contribution in [1.29, 1.82) is 0 Å². The van der Waals surface area contributed by atoms with E-state index in [9.17, 15) is 4.79 Å². The standard InChI is InChI=1S/C12H18N4O2/c1-18-12(17)15-10-5-6-16(8-10)11-4-2-3-9(7-13)14-11/h2-4,10H,5-8,13H2,1H3,(H,15,17). The van der Waals surface area contributed by atoms with Crippen molar-refractivity contribution in [3.8, 4) is 0 Å². The molecular formula is C12H18N4O2. The van der Waals surface area contributed by atoms with Gasteiger partial charge in [0.05, 0.1) is 18.8 Å². The minimum atomic E-state index is -0.384. The first-order valence-corrected chi connectivity index (χ1v) is 5.98. The van der Waals surface area contributed by atoms with E-state index in [0.29, 0.717) is 6.54 Å². The molecule has 0 aliphatic carbocycles. The molecule has 0 aromatic carbocycles. The van der Waals surface area contributed by atoms with E-state index in [1.807, 2.05) is 18.2 Å². The lowest BCUT2D eigenvalue weighted by molar-refractivity contribution is 0.167. The summed E-state index contributed by atoms with van der Waals surface area (Å²) in [6, 6.07) is 5.93. The van der Waals surface area contributed by atoms with Crippen molar-refractivity contribution >= 4 is 11.9 Å². The van der Waals surface area contributed by atoms with E-state index in [2.05, 4.69) is 19.9 Å². The Bertz CT molecular complexity index is 424. The molecule has 1 atom stereocenters. The van der Waals surface area contributed by atoms with Crippen LogP contribution >= 0.6 is 0 Å². The number of nitrogens with two attached hydrogens (primary N) is 1. The molecule has 0 bridgehead atoms. The van der Waals surface area contributed by atoms with Crippen LogP contribution in [0.3, 0.4) is 0 Å². The Morgan fingerprint density at radius 1 is 1.67 bits per heavy atom. The smallest absolute Gasteiger partial charge is 0.407 e. The number of nitrogens with zero attached hydrogens (tertiary/aromatic N) is 2. The van der Waals surface area contributed by atoms with Crippen LogP contribution in [0.4, 0.5) is 10.6 Å². The van der Waals surface area contributed by atoms with Crippen LogP contribution in [-0.2, 0) is 11.3 Å². The lowest BCUT2D eigenvalue weighted by Crippen LogP contribution is -2.37. The van der Waals surface area contributed by atoms with Crippen molar-refractivity contribution in [2.75, 3.05) is 25.1 Å². The van der Waals surface area contributed by atoms with Crippen LogP contribution in [0.25, 0.3) is 0 Å². The fraction of sp³-hybridized carbons (Fsp3) is 0.500. The van der Waals surface area contributed by atoms with Gasteiger partial charge in [-0.15, -0.1) is 0 Å². The number of rotatable bonds is 3. The Labute approximate surface area is 106 Å². The second-order valence-corrected chi connectivity index (χ2v) is 4.26. The summed E-state index contributed by atoms with van der Waals surface area (Å²) >= 11 is 0. The van der Waals surface area contributed by atoms with E-state index >= 15 is 0 Å². The number of amides is 1. The average Bonchev–Trinajstić information content (AvgIpc) is 2.87. The Morgan fingerprint density at radius 3 is 3.22 bits per heavy atom. The molecule has 1 aliphatic heterocycles. The molecule has 1 unspecified atom stereocenters. The molecule has 0 saturated carbocycles. The summed E-state index contributed by atoms with van der Waals surface area (Å²) in [5.41, 5.74) is 6.45. The third kappa shape index (κ3) is 2.89. The maximum atomic E-state index is 11.1. The number of ether oxygens (including phenoxy) is 1. The van der Waals surface area contributed by atoms with Crippen LogP contribution in [0.2, 0.25) is 0 Å². The number of alkyl carbamates (subject to hydrolysis) is 1. The van der Waals surface area contributed by atoms with Crippen LogP contribution < -0.4 is 16.0 Å². The van der Waals surface area contributed by atoms with E-state index in [0.717, 1.165) is 31.0 Å². The molecule has 1 aromatic heterocycles. The highest BCUT2D eigenvalue weighted by atomic mass is 16.5. The van der Waals surface area contributed by atoms with Gasteiger partial charge in [-0.2, -0.15) is 0 Å². The molecule has 18 heavy (non-hydrogen) atoms. The summed E-state index contributed by atoms with van der Waals surface area (Å²) < 4.78 is 4.59. The average molecular weight is 250 g/mol. The third-order valence-corrected chi connectivity index (χ3v) is 3.02. The van der Waals surface area contributed by atoms with Gasteiger partial charge in [0.25, 0.3) is 0 Å². The zero-order valence-corrected chi connectivity index (χ0v) is 10.4. The predicted octanol–water partition coefficient (Wildman–Crippen LogP) is 0.475. The van der Waals surface area contributed by atoms with Crippen molar-refractivity contribution < 1.29 is 9.53 Å². The van der Waals surface area contributed by atoms with Crippen LogP contribution in [0.15, 0.2) is 18.2 Å². The van der Waals surface area contributed by atoms with Gasteiger partial charge in [-0.3, -0.25) is 0 Å². The zero-order chi connectivity index (χ0) is 13.0. The minimum Gasteiger partial charge on any atom is -0.453 e. The monoisotopic (exact) mass is 250 g/mol. The van der Waals surface area contributed by atoms with Crippen molar-refractivity contribution in [1.82, 2.24) is 10.3 Å². The number of carbonyl (C=O) groups is 1. The van der Waals surface area contributed by atoms with Gasteiger partial charge in [0.15, 0.2) is 0 Å². The molecule has 0 radical (unpaired) electrons. The van der Waals surface area contributed by atoms with Crippen molar-refractivity contribution in [3.05, 3.63) is 23.9 Å². The first kappa shape index (κ1) is 12.6. The van der Waals surface area contributed by atoms with Gasteiger partial charge in [0, 0.05) is 19.6 Å². The first-order valence-electron chi connectivity index (χ1n) is 5.98. The van der Waals surface area contributed by atoms with E-state index < -0.39 is 0 Å².